The van der Waals surface area contributed by atoms with E-state index in [2.05, 4.69) is 10.6 Å². The summed E-state index contributed by atoms with van der Waals surface area (Å²) in [6.07, 6.45) is 6.38. The molecule has 172 valence electrons. The number of amides is 2. The number of benzene rings is 1. The van der Waals surface area contributed by atoms with E-state index < -0.39 is 23.4 Å². The van der Waals surface area contributed by atoms with Crippen LogP contribution in [0.3, 0.4) is 0 Å². The van der Waals surface area contributed by atoms with E-state index in [0.717, 1.165) is 19.3 Å². The summed E-state index contributed by atoms with van der Waals surface area (Å²) in [5, 5.41) is 16.0. The van der Waals surface area contributed by atoms with Crippen LogP contribution in [0.1, 0.15) is 38.5 Å². The second-order valence-electron chi connectivity index (χ2n) is 9.23. The van der Waals surface area contributed by atoms with Crippen LogP contribution in [-0.4, -0.2) is 43.0 Å². The third-order valence-corrected chi connectivity index (χ3v) is 6.95. The Morgan fingerprint density at radius 1 is 1.12 bits per heavy atom. The van der Waals surface area contributed by atoms with Gasteiger partial charge in [0.05, 0.1) is 23.8 Å². The van der Waals surface area contributed by atoms with Crippen LogP contribution in [0, 0.1) is 33.3 Å². The number of nitrogens with zero attached hydrogens (tertiary/aromatic N) is 1. The predicted molar refractivity (Wildman–Crippen MR) is 113 cm³/mol. The van der Waals surface area contributed by atoms with Gasteiger partial charge in [0.25, 0.3) is 11.6 Å². The number of rotatable bonds is 8. The van der Waals surface area contributed by atoms with E-state index in [1.807, 2.05) is 0 Å². The number of hydrogen-bond acceptors (Lipinski definition) is 7. The number of nitro benzene ring substituents is 1. The van der Waals surface area contributed by atoms with Crippen molar-refractivity contribution in [1.82, 2.24) is 5.32 Å². The summed E-state index contributed by atoms with van der Waals surface area (Å²) < 4.78 is 10.0. The van der Waals surface area contributed by atoms with E-state index in [4.69, 9.17) is 9.47 Å². The third kappa shape index (κ3) is 4.53. The van der Waals surface area contributed by atoms with Crippen molar-refractivity contribution in [3.8, 4) is 5.75 Å². The molecule has 4 aliphatic carbocycles. The van der Waals surface area contributed by atoms with Gasteiger partial charge in [-0.25, -0.2) is 0 Å². The number of carbonyl (C=O) groups is 3. The molecule has 4 bridgehead atoms. The van der Waals surface area contributed by atoms with Crippen LogP contribution >= 0.6 is 0 Å². The number of hydrogen-bond donors (Lipinski definition) is 2. The Morgan fingerprint density at radius 2 is 1.75 bits per heavy atom. The average molecular weight is 445 g/mol. The maximum Gasteiger partial charge on any atom is 0.325 e. The number of non-ortho nitro benzene ring substituents is 1. The Kier molecular flexibility index (Phi) is 6.03. The largest absolute Gasteiger partial charge is 0.494 e. The van der Waals surface area contributed by atoms with Crippen molar-refractivity contribution in [2.45, 2.75) is 38.5 Å². The molecule has 1 aromatic carbocycles. The Bertz CT molecular complexity index is 910. The van der Waals surface area contributed by atoms with Crippen LogP contribution in [0.5, 0.6) is 5.75 Å². The molecule has 0 heterocycles. The van der Waals surface area contributed by atoms with Gasteiger partial charge in [0.15, 0.2) is 6.61 Å². The van der Waals surface area contributed by atoms with Gasteiger partial charge in [-0.15, -0.1) is 0 Å². The first-order valence-corrected chi connectivity index (χ1v) is 10.8. The minimum Gasteiger partial charge on any atom is -0.494 e. The quantitative estimate of drug-likeness (QED) is 0.356. The standard InChI is InChI=1S/C22H27N3O7/c1-31-18-7-16(25(29)30)2-3-17(18)24-19(26)12-32-20(27)11-23-21(28)22-8-13-4-14(9-22)6-15(5-13)10-22/h2-3,7,13-15H,4-6,8-12H2,1H3,(H,23,28)(H,24,26). The van der Waals surface area contributed by atoms with Gasteiger partial charge < -0.3 is 20.1 Å². The number of anilines is 1. The summed E-state index contributed by atoms with van der Waals surface area (Å²) in [4.78, 5) is 47.3. The zero-order valence-corrected chi connectivity index (χ0v) is 17.9. The molecule has 2 N–H and O–H groups in total. The van der Waals surface area contributed by atoms with Gasteiger partial charge in [-0.3, -0.25) is 24.5 Å². The minimum atomic E-state index is -0.700. The molecular formula is C22H27N3O7. The lowest BCUT2D eigenvalue weighted by atomic mass is 9.49. The molecule has 32 heavy (non-hydrogen) atoms. The van der Waals surface area contributed by atoms with Crippen molar-refractivity contribution in [2.75, 3.05) is 25.6 Å². The van der Waals surface area contributed by atoms with Gasteiger partial charge in [-0.05, 0) is 62.3 Å². The second-order valence-corrected chi connectivity index (χ2v) is 9.23. The van der Waals surface area contributed by atoms with Crippen molar-refractivity contribution in [1.29, 1.82) is 0 Å². The number of ether oxygens (including phenoxy) is 2. The smallest absolute Gasteiger partial charge is 0.325 e. The SMILES string of the molecule is COc1cc([N+](=O)[O-])ccc1NC(=O)COC(=O)CNC(=O)C12CC3CC(CC(C3)C1)C2. The zero-order valence-electron chi connectivity index (χ0n) is 17.9. The maximum absolute atomic E-state index is 12.9. The molecule has 0 saturated heterocycles. The summed E-state index contributed by atoms with van der Waals surface area (Å²) in [6.45, 7) is -0.832. The van der Waals surface area contributed by atoms with Crippen molar-refractivity contribution >= 4 is 29.2 Å². The lowest BCUT2D eigenvalue weighted by molar-refractivity contribution is -0.384. The number of nitrogens with one attached hydrogen (secondary N) is 2. The van der Waals surface area contributed by atoms with Gasteiger partial charge in [0, 0.05) is 11.5 Å². The van der Waals surface area contributed by atoms with Crippen LogP contribution in [0.2, 0.25) is 0 Å². The highest BCUT2D eigenvalue weighted by Crippen LogP contribution is 2.60. The topological polar surface area (TPSA) is 137 Å². The third-order valence-electron chi connectivity index (χ3n) is 6.95. The van der Waals surface area contributed by atoms with Gasteiger partial charge in [0.1, 0.15) is 12.3 Å². The fourth-order valence-electron chi connectivity index (χ4n) is 6.01. The number of nitro groups is 1. The Morgan fingerprint density at radius 3 is 2.31 bits per heavy atom. The van der Waals surface area contributed by atoms with E-state index in [1.54, 1.807) is 0 Å². The van der Waals surface area contributed by atoms with Crippen molar-refractivity contribution in [3.05, 3.63) is 28.3 Å². The molecule has 0 atom stereocenters. The second kappa shape index (κ2) is 8.76. The van der Waals surface area contributed by atoms with Crippen LogP contribution in [0.25, 0.3) is 0 Å². The molecule has 0 aromatic heterocycles. The Labute approximate surface area is 185 Å². The molecule has 0 radical (unpaired) electrons. The number of esters is 1. The molecule has 1 aromatic rings. The van der Waals surface area contributed by atoms with Gasteiger partial charge in [-0.2, -0.15) is 0 Å². The monoisotopic (exact) mass is 445 g/mol. The molecule has 0 unspecified atom stereocenters. The van der Waals surface area contributed by atoms with Crippen molar-refractivity contribution < 1.29 is 28.8 Å². The van der Waals surface area contributed by atoms with Crippen LogP contribution in [0.15, 0.2) is 18.2 Å². The average Bonchev–Trinajstić information content (AvgIpc) is 2.75. The van der Waals surface area contributed by atoms with E-state index >= 15 is 0 Å². The molecular weight excluding hydrogens is 418 g/mol. The van der Waals surface area contributed by atoms with E-state index in [1.165, 1.54) is 44.6 Å². The molecule has 4 saturated carbocycles. The van der Waals surface area contributed by atoms with Crippen LogP contribution in [-0.2, 0) is 19.1 Å². The van der Waals surface area contributed by atoms with Gasteiger partial charge >= 0.3 is 5.97 Å². The predicted octanol–water partition coefficient (Wildman–Crippen LogP) is 2.42. The molecule has 0 aliphatic heterocycles. The Hall–Kier alpha value is -3.17. The molecule has 10 heteroatoms. The molecule has 4 aliphatic rings. The van der Waals surface area contributed by atoms with Crippen LogP contribution < -0.4 is 15.4 Å². The lowest BCUT2D eigenvalue weighted by Crippen LogP contribution is -2.54. The van der Waals surface area contributed by atoms with E-state index in [9.17, 15) is 24.5 Å². The minimum absolute atomic E-state index is 0.0754. The summed E-state index contributed by atoms with van der Waals surface area (Å²) in [7, 11) is 1.32. The van der Waals surface area contributed by atoms with Crippen LogP contribution in [0.4, 0.5) is 11.4 Å². The fourth-order valence-corrected chi connectivity index (χ4v) is 6.01. The molecule has 4 fully saturated rings. The highest BCUT2D eigenvalue weighted by molar-refractivity contribution is 5.94. The van der Waals surface area contributed by atoms with E-state index in [-0.39, 0.29) is 35.0 Å². The highest BCUT2D eigenvalue weighted by Gasteiger charge is 2.54. The number of carbonyl (C=O) groups excluding carboxylic acids is 3. The summed E-state index contributed by atoms with van der Waals surface area (Å²) in [5.41, 5.74) is -0.311. The first-order chi connectivity index (χ1) is 15.3. The lowest BCUT2D eigenvalue weighted by Gasteiger charge is -2.55. The fraction of sp³-hybridized carbons (Fsp3) is 0.591. The molecule has 5 rings (SSSR count). The summed E-state index contributed by atoms with van der Waals surface area (Å²) in [6, 6.07) is 3.74. The summed E-state index contributed by atoms with van der Waals surface area (Å²) >= 11 is 0. The van der Waals surface area contributed by atoms with Gasteiger partial charge in [-0.1, -0.05) is 0 Å². The molecule has 10 nitrogen and oxygen atoms in total. The molecule has 0 spiro atoms. The Balaban J connectivity index is 1.23. The first-order valence-electron chi connectivity index (χ1n) is 10.8. The van der Waals surface area contributed by atoms with Crippen molar-refractivity contribution in [3.63, 3.8) is 0 Å². The molecule has 2 amide bonds. The maximum atomic E-state index is 12.9. The zero-order chi connectivity index (χ0) is 22.9. The van der Waals surface area contributed by atoms with Crippen molar-refractivity contribution in [2.24, 2.45) is 23.2 Å². The van der Waals surface area contributed by atoms with Gasteiger partial charge in [0.2, 0.25) is 5.91 Å². The van der Waals surface area contributed by atoms with E-state index in [0.29, 0.717) is 17.8 Å². The first kappa shape index (κ1) is 22.0. The summed E-state index contributed by atoms with van der Waals surface area (Å²) in [5.74, 6) is 0.583. The normalized spacial score (nSPS) is 27.5. The highest BCUT2D eigenvalue weighted by atomic mass is 16.6. The number of methoxy groups -OCH3 is 1.